The first-order valence-electron chi connectivity index (χ1n) is 9.72. The minimum Gasteiger partial charge on any atom is -0.325 e. The van der Waals surface area contributed by atoms with E-state index in [-0.39, 0.29) is 16.9 Å². The lowest BCUT2D eigenvalue weighted by molar-refractivity contribution is -0.150. The molecule has 4 aliphatic rings. The summed E-state index contributed by atoms with van der Waals surface area (Å²) >= 11 is 0. The van der Waals surface area contributed by atoms with Crippen LogP contribution in [0.1, 0.15) is 49.7 Å². The summed E-state index contributed by atoms with van der Waals surface area (Å²) in [6.07, 6.45) is 9.98. The molecule has 4 fully saturated rings. The van der Waals surface area contributed by atoms with Crippen LogP contribution in [-0.4, -0.2) is 20.7 Å². The third-order valence-electron chi connectivity index (χ3n) is 7.05. The second-order valence-corrected chi connectivity index (χ2v) is 9.08. The maximum absolute atomic E-state index is 13.5. The van der Waals surface area contributed by atoms with Crippen molar-refractivity contribution in [1.29, 1.82) is 0 Å². The Balaban J connectivity index is 1.47. The molecular weight excluding hydrogens is 324 g/mol. The highest BCUT2D eigenvalue weighted by atomic mass is 16.2. The summed E-state index contributed by atoms with van der Waals surface area (Å²) in [6, 6.07) is 6.24. The van der Waals surface area contributed by atoms with Crippen molar-refractivity contribution in [3.8, 4) is 0 Å². The van der Waals surface area contributed by atoms with Gasteiger partial charge in [0.15, 0.2) is 0 Å². The van der Waals surface area contributed by atoms with Crippen LogP contribution < -0.4 is 5.32 Å². The van der Waals surface area contributed by atoms with Crippen LogP contribution in [0, 0.1) is 31.1 Å². The molecule has 5 nitrogen and oxygen atoms in total. The topological polar surface area (TPSA) is 59.8 Å². The molecule has 1 aromatic heterocycles. The number of carbonyl (C=O) groups is 1. The highest BCUT2D eigenvalue weighted by Gasteiger charge is 2.61. The number of hydrogen-bond donors (Lipinski definition) is 1. The van der Waals surface area contributed by atoms with Crippen LogP contribution in [0.2, 0.25) is 0 Å². The van der Waals surface area contributed by atoms with Crippen molar-refractivity contribution in [3.05, 3.63) is 42.0 Å². The van der Waals surface area contributed by atoms with Crippen LogP contribution in [0.15, 0.2) is 30.9 Å². The van der Waals surface area contributed by atoms with Crippen molar-refractivity contribution in [2.24, 2.45) is 17.3 Å². The number of nitrogens with zero attached hydrogens (tertiary/aromatic N) is 3. The van der Waals surface area contributed by atoms with Gasteiger partial charge >= 0.3 is 0 Å². The van der Waals surface area contributed by atoms with Crippen molar-refractivity contribution < 1.29 is 4.79 Å². The molecule has 1 heterocycles. The zero-order valence-corrected chi connectivity index (χ0v) is 15.5. The smallest absolute Gasteiger partial charge is 0.230 e. The number of amides is 1. The number of hydrogen-bond acceptors (Lipinski definition) is 3. The zero-order valence-electron chi connectivity index (χ0n) is 15.5. The first-order valence-corrected chi connectivity index (χ1v) is 9.72. The lowest BCUT2D eigenvalue weighted by Crippen LogP contribution is -2.60. The normalized spacial score (nSPS) is 34.8. The van der Waals surface area contributed by atoms with Crippen LogP contribution in [0.25, 0.3) is 0 Å². The first-order chi connectivity index (χ1) is 12.5. The molecule has 136 valence electrons. The number of nitrogens with one attached hydrogen (secondary N) is 1. The number of benzene rings is 1. The predicted octanol–water partition coefficient (Wildman–Crippen LogP) is 3.83. The molecule has 2 atom stereocenters. The third kappa shape index (κ3) is 2.32. The second kappa shape index (κ2) is 5.41. The Bertz CT molecular complexity index is 843. The van der Waals surface area contributed by atoms with Crippen molar-refractivity contribution in [3.63, 3.8) is 0 Å². The van der Waals surface area contributed by atoms with E-state index in [9.17, 15) is 4.79 Å². The summed E-state index contributed by atoms with van der Waals surface area (Å²) in [6.45, 7) is 4.15. The van der Waals surface area contributed by atoms with Gasteiger partial charge in [-0.25, -0.2) is 9.67 Å². The Morgan fingerprint density at radius 3 is 2.62 bits per heavy atom. The summed E-state index contributed by atoms with van der Waals surface area (Å²) in [5, 5.41) is 7.75. The molecule has 1 aromatic carbocycles. The summed E-state index contributed by atoms with van der Waals surface area (Å²) in [5.74, 6) is 1.47. The molecule has 1 amide bonds. The number of aryl methyl sites for hydroxylation is 2. The highest BCUT2D eigenvalue weighted by Crippen LogP contribution is 2.64. The van der Waals surface area contributed by atoms with Crippen molar-refractivity contribution >= 4 is 11.6 Å². The second-order valence-electron chi connectivity index (χ2n) is 9.08. The molecule has 4 bridgehead atoms. The average molecular weight is 350 g/mol. The minimum absolute atomic E-state index is 0.0136. The Morgan fingerprint density at radius 2 is 1.96 bits per heavy atom. The zero-order chi connectivity index (χ0) is 17.9. The fourth-order valence-electron chi connectivity index (χ4n) is 6.41. The van der Waals surface area contributed by atoms with E-state index in [1.807, 2.05) is 12.4 Å². The molecule has 6 rings (SSSR count). The van der Waals surface area contributed by atoms with Gasteiger partial charge in [0, 0.05) is 5.69 Å². The molecule has 5 heteroatoms. The molecule has 26 heavy (non-hydrogen) atoms. The lowest BCUT2D eigenvalue weighted by Gasteiger charge is -2.60. The summed E-state index contributed by atoms with van der Waals surface area (Å²) in [4.78, 5) is 17.6. The molecule has 0 aliphatic heterocycles. The minimum atomic E-state index is -0.257. The van der Waals surface area contributed by atoms with Crippen LogP contribution in [0.5, 0.6) is 0 Å². The maximum atomic E-state index is 13.5. The first kappa shape index (κ1) is 16.0. The molecule has 1 N–H and O–H groups in total. The van der Waals surface area contributed by atoms with Crippen molar-refractivity contribution in [2.45, 2.75) is 57.9 Å². The van der Waals surface area contributed by atoms with Crippen molar-refractivity contribution in [2.75, 3.05) is 5.32 Å². The molecule has 0 radical (unpaired) electrons. The lowest BCUT2D eigenvalue weighted by atomic mass is 9.46. The van der Waals surface area contributed by atoms with E-state index < -0.39 is 0 Å². The maximum Gasteiger partial charge on any atom is 0.230 e. The largest absolute Gasteiger partial charge is 0.325 e. The Hall–Kier alpha value is -2.17. The standard InChI is InChI=1S/C21H26N4O/c1-14-3-4-18(15(2)5-14)24-19(26)20-7-16-6-17(8-20)10-21(9-16,11-20)25-13-22-12-23-25/h3-5,12-13,16-17H,6-11H2,1-2H3,(H,24,26)/t16-,17-,20?,21?/m0/s1. The SMILES string of the molecule is Cc1ccc(NC(=O)C23C[C@@H]4C[C@@H](C2)CC(n2cncn2)(C4)C3)c(C)c1. The number of carbonyl (C=O) groups excluding carboxylic acids is 1. The number of aromatic nitrogens is 3. The number of rotatable bonds is 3. The highest BCUT2D eigenvalue weighted by molar-refractivity contribution is 5.96. The van der Waals surface area contributed by atoms with E-state index in [1.54, 1.807) is 6.33 Å². The van der Waals surface area contributed by atoms with Gasteiger partial charge < -0.3 is 5.32 Å². The fraction of sp³-hybridized carbons (Fsp3) is 0.571. The van der Waals surface area contributed by atoms with Gasteiger partial charge in [0.05, 0.1) is 11.0 Å². The Kier molecular flexibility index (Phi) is 3.34. The van der Waals surface area contributed by atoms with E-state index in [0.29, 0.717) is 11.8 Å². The fourth-order valence-corrected chi connectivity index (χ4v) is 6.41. The van der Waals surface area contributed by atoms with E-state index in [1.165, 1.54) is 12.0 Å². The van der Waals surface area contributed by atoms with Gasteiger partial charge in [-0.3, -0.25) is 4.79 Å². The Morgan fingerprint density at radius 1 is 1.19 bits per heavy atom. The van der Waals surface area contributed by atoms with Gasteiger partial charge in [-0.05, 0) is 75.8 Å². The monoisotopic (exact) mass is 350 g/mol. The van der Waals surface area contributed by atoms with Gasteiger partial charge in [-0.1, -0.05) is 17.7 Å². The summed E-state index contributed by atoms with van der Waals surface area (Å²) in [5.41, 5.74) is 3.04. The van der Waals surface area contributed by atoms with Gasteiger partial charge in [0.25, 0.3) is 0 Å². The van der Waals surface area contributed by atoms with E-state index in [2.05, 4.69) is 46.1 Å². The number of anilines is 1. The molecule has 0 saturated heterocycles. The van der Waals surface area contributed by atoms with Gasteiger partial charge in [0.1, 0.15) is 12.7 Å². The molecule has 4 saturated carbocycles. The van der Waals surface area contributed by atoms with Gasteiger partial charge in [0.2, 0.25) is 5.91 Å². The van der Waals surface area contributed by atoms with Gasteiger partial charge in [-0.2, -0.15) is 5.10 Å². The van der Waals surface area contributed by atoms with E-state index in [0.717, 1.165) is 43.4 Å². The van der Waals surface area contributed by atoms with Crippen LogP contribution in [0.3, 0.4) is 0 Å². The van der Waals surface area contributed by atoms with Crippen LogP contribution in [0.4, 0.5) is 5.69 Å². The summed E-state index contributed by atoms with van der Waals surface area (Å²) in [7, 11) is 0. The van der Waals surface area contributed by atoms with Crippen molar-refractivity contribution in [1.82, 2.24) is 14.8 Å². The van der Waals surface area contributed by atoms with Crippen LogP contribution in [-0.2, 0) is 10.3 Å². The molecule has 4 aliphatic carbocycles. The average Bonchev–Trinajstić information content (AvgIpc) is 3.11. The molecule has 0 unspecified atom stereocenters. The molecule has 2 aromatic rings. The van der Waals surface area contributed by atoms with E-state index >= 15 is 0 Å². The third-order valence-corrected chi connectivity index (χ3v) is 7.05. The van der Waals surface area contributed by atoms with Gasteiger partial charge in [-0.15, -0.1) is 0 Å². The summed E-state index contributed by atoms with van der Waals surface area (Å²) < 4.78 is 2.06. The molecule has 0 spiro atoms. The quantitative estimate of drug-likeness (QED) is 0.915. The predicted molar refractivity (Wildman–Crippen MR) is 99.7 cm³/mol. The van der Waals surface area contributed by atoms with E-state index in [4.69, 9.17) is 0 Å². The Labute approximate surface area is 154 Å². The van der Waals surface area contributed by atoms with Crippen LogP contribution >= 0.6 is 0 Å². The molecular formula is C21H26N4O.